The molecule has 0 aliphatic carbocycles. The molecule has 0 atom stereocenters. The number of hydrogen-bond acceptors (Lipinski definition) is 2. The van der Waals surface area contributed by atoms with E-state index in [1.807, 2.05) is 12.3 Å². The van der Waals surface area contributed by atoms with Crippen LogP contribution in [-0.4, -0.2) is 18.1 Å². The molecule has 2 heteroatoms. The van der Waals surface area contributed by atoms with Crippen molar-refractivity contribution in [1.82, 2.24) is 10.3 Å². The minimum atomic E-state index is 0.985. The summed E-state index contributed by atoms with van der Waals surface area (Å²) in [6, 6.07) is 4.06. The van der Waals surface area contributed by atoms with Crippen LogP contribution in [0.25, 0.3) is 6.08 Å². The lowest BCUT2D eigenvalue weighted by atomic mass is 10.1. The van der Waals surface area contributed by atoms with Crippen LogP contribution in [0.5, 0.6) is 0 Å². The van der Waals surface area contributed by atoms with Gasteiger partial charge in [-0.3, -0.25) is 4.98 Å². The van der Waals surface area contributed by atoms with Gasteiger partial charge >= 0.3 is 0 Å². The zero-order valence-electron chi connectivity index (χ0n) is 9.66. The first-order valence-electron chi connectivity index (χ1n) is 5.67. The molecule has 0 aromatic carbocycles. The van der Waals surface area contributed by atoms with Crippen LogP contribution in [0.2, 0.25) is 0 Å². The van der Waals surface area contributed by atoms with Gasteiger partial charge in [-0.1, -0.05) is 31.6 Å². The fourth-order valence-corrected chi connectivity index (χ4v) is 1.40. The maximum absolute atomic E-state index is 4.10. The summed E-state index contributed by atoms with van der Waals surface area (Å²) in [4.78, 5) is 4.10. The van der Waals surface area contributed by atoms with Gasteiger partial charge in [0.25, 0.3) is 0 Å². The van der Waals surface area contributed by atoms with Gasteiger partial charge in [0.15, 0.2) is 0 Å². The third-order valence-corrected chi connectivity index (χ3v) is 2.29. The maximum Gasteiger partial charge on any atom is 0.0340 e. The molecule has 15 heavy (non-hydrogen) atoms. The Labute approximate surface area is 92.4 Å². The zero-order chi connectivity index (χ0) is 10.9. The molecule has 1 aromatic rings. The Morgan fingerprint density at radius 1 is 1.47 bits per heavy atom. The van der Waals surface area contributed by atoms with E-state index in [1.54, 1.807) is 6.20 Å². The van der Waals surface area contributed by atoms with Crippen molar-refractivity contribution in [1.29, 1.82) is 0 Å². The van der Waals surface area contributed by atoms with Crippen LogP contribution in [0, 0.1) is 0 Å². The number of nitrogens with zero attached hydrogens (tertiary/aromatic N) is 1. The molecule has 0 aliphatic heterocycles. The molecule has 0 saturated heterocycles. The lowest BCUT2D eigenvalue weighted by Crippen LogP contribution is -2.17. The van der Waals surface area contributed by atoms with E-state index in [4.69, 9.17) is 0 Å². The number of aromatic nitrogens is 1. The smallest absolute Gasteiger partial charge is 0.0340 e. The molecule has 0 fully saturated rings. The van der Waals surface area contributed by atoms with E-state index >= 15 is 0 Å². The van der Waals surface area contributed by atoms with Gasteiger partial charge < -0.3 is 5.32 Å². The van der Waals surface area contributed by atoms with Crippen LogP contribution >= 0.6 is 0 Å². The van der Waals surface area contributed by atoms with Gasteiger partial charge in [0.1, 0.15) is 0 Å². The number of pyridine rings is 1. The summed E-state index contributed by atoms with van der Waals surface area (Å²) in [6.45, 7) is 6.45. The minimum absolute atomic E-state index is 0.985. The Kier molecular flexibility index (Phi) is 5.71. The molecule has 0 bridgehead atoms. The molecule has 1 heterocycles. The van der Waals surface area contributed by atoms with Gasteiger partial charge in [-0.2, -0.15) is 0 Å². The summed E-state index contributed by atoms with van der Waals surface area (Å²) >= 11 is 0. The molecular formula is C13H20N2. The highest BCUT2D eigenvalue weighted by Crippen LogP contribution is 2.07. The average Bonchev–Trinajstić information content (AvgIpc) is 2.29. The molecule has 2 nitrogen and oxygen atoms in total. The van der Waals surface area contributed by atoms with Gasteiger partial charge in [0, 0.05) is 18.9 Å². The Morgan fingerprint density at radius 3 is 2.93 bits per heavy atom. The van der Waals surface area contributed by atoms with Crippen molar-refractivity contribution in [3.63, 3.8) is 0 Å². The minimum Gasteiger partial charge on any atom is -0.313 e. The monoisotopic (exact) mass is 204 g/mol. The fraction of sp³-hybridized carbons (Fsp3) is 0.462. The lowest BCUT2D eigenvalue weighted by Gasteiger charge is -2.06. The third-order valence-electron chi connectivity index (χ3n) is 2.29. The summed E-state index contributed by atoms with van der Waals surface area (Å²) in [7, 11) is 0. The molecule has 1 N–H and O–H groups in total. The van der Waals surface area contributed by atoms with E-state index in [9.17, 15) is 0 Å². The second-order valence-corrected chi connectivity index (χ2v) is 3.62. The summed E-state index contributed by atoms with van der Waals surface area (Å²) in [5, 5.41) is 3.42. The van der Waals surface area contributed by atoms with Crippen LogP contribution < -0.4 is 5.32 Å². The van der Waals surface area contributed by atoms with Gasteiger partial charge in [0.05, 0.1) is 0 Å². The third kappa shape index (κ3) is 4.75. The predicted octanol–water partition coefficient (Wildman–Crippen LogP) is 2.87. The quantitative estimate of drug-likeness (QED) is 0.721. The van der Waals surface area contributed by atoms with Crippen molar-refractivity contribution in [2.45, 2.75) is 26.7 Å². The molecule has 82 valence electrons. The average molecular weight is 204 g/mol. The lowest BCUT2D eigenvalue weighted by molar-refractivity contribution is 0.706. The van der Waals surface area contributed by atoms with Crippen molar-refractivity contribution >= 4 is 6.08 Å². The first-order chi connectivity index (χ1) is 7.36. The molecule has 0 radical (unpaired) electrons. The highest BCUT2D eigenvalue weighted by Gasteiger charge is 1.94. The molecule has 0 saturated carbocycles. The molecule has 0 aliphatic rings. The van der Waals surface area contributed by atoms with E-state index in [0.29, 0.717) is 0 Å². The molecule has 1 rings (SSSR count). The van der Waals surface area contributed by atoms with Crippen LogP contribution in [0.4, 0.5) is 0 Å². The molecule has 1 aromatic heterocycles. The summed E-state index contributed by atoms with van der Waals surface area (Å²) in [5.74, 6) is 0. The molecule has 0 unspecified atom stereocenters. The van der Waals surface area contributed by atoms with E-state index in [0.717, 1.165) is 19.5 Å². The van der Waals surface area contributed by atoms with Gasteiger partial charge in [-0.25, -0.2) is 0 Å². The number of rotatable bonds is 6. The van der Waals surface area contributed by atoms with E-state index < -0.39 is 0 Å². The van der Waals surface area contributed by atoms with Crippen LogP contribution in [0.15, 0.2) is 30.1 Å². The summed E-state index contributed by atoms with van der Waals surface area (Å²) in [5.41, 5.74) is 2.61. The SMILES string of the molecule is CCCNCC(=Cc1cccnc1)CC. The predicted molar refractivity (Wildman–Crippen MR) is 65.7 cm³/mol. The molecule has 0 amide bonds. The summed E-state index contributed by atoms with van der Waals surface area (Å²) < 4.78 is 0. The van der Waals surface area contributed by atoms with Gasteiger partial charge in [-0.05, 0) is 31.0 Å². The molecular weight excluding hydrogens is 184 g/mol. The van der Waals surface area contributed by atoms with E-state index in [1.165, 1.54) is 17.6 Å². The van der Waals surface area contributed by atoms with Crippen molar-refractivity contribution in [2.75, 3.05) is 13.1 Å². The van der Waals surface area contributed by atoms with Crippen LogP contribution in [-0.2, 0) is 0 Å². The van der Waals surface area contributed by atoms with Crippen molar-refractivity contribution < 1.29 is 0 Å². The van der Waals surface area contributed by atoms with Crippen molar-refractivity contribution in [3.8, 4) is 0 Å². The number of nitrogens with one attached hydrogen (secondary N) is 1. The Hall–Kier alpha value is -1.15. The van der Waals surface area contributed by atoms with Crippen LogP contribution in [0.3, 0.4) is 0 Å². The standard InChI is InChI=1S/C13H20N2/c1-3-7-14-10-12(4-2)9-13-6-5-8-15-11-13/h5-6,8-9,11,14H,3-4,7,10H2,1-2H3. The normalized spacial score (nSPS) is 11.7. The van der Waals surface area contributed by atoms with Crippen molar-refractivity contribution in [3.05, 3.63) is 35.7 Å². The van der Waals surface area contributed by atoms with Gasteiger partial charge in [0.2, 0.25) is 0 Å². The summed E-state index contributed by atoms with van der Waals surface area (Å²) in [6.07, 6.45) is 8.19. The Morgan fingerprint density at radius 2 is 2.33 bits per heavy atom. The highest BCUT2D eigenvalue weighted by molar-refractivity contribution is 5.51. The number of hydrogen-bond donors (Lipinski definition) is 1. The fourth-order valence-electron chi connectivity index (χ4n) is 1.40. The Bertz CT molecular complexity index is 291. The zero-order valence-corrected chi connectivity index (χ0v) is 9.66. The largest absolute Gasteiger partial charge is 0.313 e. The van der Waals surface area contributed by atoms with Crippen molar-refractivity contribution in [2.24, 2.45) is 0 Å². The highest BCUT2D eigenvalue weighted by atomic mass is 14.8. The second-order valence-electron chi connectivity index (χ2n) is 3.62. The first kappa shape index (κ1) is 11.9. The Balaban J connectivity index is 2.54. The first-order valence-corrected chi connectivity index (χ1v) is 5.67. The molecule has 0 spiro atoms. The van der Waals surface area contributed by atoms with E-state index in [2.05, 4.69) is 36.3 Å². The second kappa shape index (κ2) is 7.18. The van der Waals surface area contributed by atoms with Gasteiger partial charge in [-0.15, -0.1) is 0 Å². The topological polar surface area (TPSA) is 24.9 Å². The maximum atomic E-state index is 4.10. The van der Waals surface area contributed by atoms with Crippen LogP contribution in [0.1, 0.15) is 32.3 Å². The van der Waals surface area contributed by atoms with E-state index in [-0.39, 0.29) is 0 Å².